The lowest BCUT2D eigenvalue weighted by atomic mass is 10.1. The van der Waals surface area contributed by atoms with Crippen molar-refractivity contribution in [1.29, 1.82) is 0 Å². The van der Waals surface area contributed by atoms with Gasteiger partial charge in [-0.2, -0.15) is 0 Å². The number of thioether (sulfide) groups is 1. The van der Waals surface area contributed by atoms with E-state index in [1.165, 1.54) is 22.2 Å². The number of carbonyl (C=O) groups excluding carboxylic acids is 1. The predicted molar refractivity (Wildman–Crippen MR) is 125 cm³/mol. The van der Waals surface area contributed by atoms with Gasteiger partial charge in [-0.1, -0.05) is 37.7 Å². The minimum Gasteiger partial charge on any atom is -0.492 e. The Hall–Kier alpha value is -2.32. The normalized spacial score (nSPS) is 10.9. The Bertz CT molecular complexity index is 997. The summed E-state index contributed by atoms with van der Waals surface area (Å²) in [4.78, 5) is 13.9. The van der Waals surface area contributed by atoms with Crippen LogP contribution in [0.25, 0.3) is 11.4 Å². The summed E-state index contributed by atoms with van der Waals surface area (Å²) in [6.45, 7) is 9.73. The van der Waals surface area contributed by atoms with E-state index in [9.17, 15) is 4.79 Å². The van der Waals surface area contributed by atoms with Crippen LogP contribution in [0.4, 0.5) is 5.69 Å². The van der Waals surface area contributed by atoms with Gasteiger partial charge >= 0.3 is 0 Å². The molecule has 0 aliphatic carbocycles. The van der Waals surface area contributed by atoms with E-state index in [0.29, 0.717) is 18.0 Å². The zero-order chi connectivity index (χ0) is 21.5. The maximum atomic E-state index is 12.5. The second kappa shape index (κ2) is 10.6. The summed E-state index contributed by atoms with van der Waals surface area (Å²) in [5.74, 6) is 1.73. The van der Waals surface area contributed by atoms with E-state index >= 15 is 0 Å². The molecule has 30 heavy (non-hydrogen) atoms. The third kappa shape index (κ3) is 5.05. The molecule has 6 nitrogen and oxygen atoms in total. The van der Waals surface area contributed by atoms with Crippen molar-refractivity contribution < 1.29 is 9.53 Å². The number of amides is 1. The molecule has 1 N–H and O–H groups in total. The van der Waals surface area contributed by atoms with Crippen LogP contribution < -0.4 is 10.1 Å². The summed E-state index contributed by atoms with van der Waals surface area (Å²) < 4.78 is 7.71. The molecule has 8 heteroatoms. The zero-order valence-corrected chi connectivity index (χ0v) is 19.5. The van der Waals surface area contributed by atoms with Crippen molar-refractivity contribution >= 4 is 34.7 Å². The average Bonchev–Trinajstić information content (AvgIpc) is 3.31. The van der Waals surface area contributed by atoms with E-state index in [4.69, 9.17) is 4.74 Å². The van der Waals surface area contributed by atoms with E-state index in [2.05, 4.69) is 46.2 Å². The number of hydrogen-bond donors (Lipinski definition) is 1. The number of aryl methyl sites for hydroxylation is 1. The fraction of sp³-hybridized carbons (Fsp3) is 0.409. The monoisotopic (exact) mass is 444 g/mol. The van der Waals surface area contributed by atoms with Crippen LogP contribution in [0.5, 0.6) is 5.75 Å². The van der Waals surface area contributed by atoms with E-state index in [-0.39, 0.29) is 11.7 Å². The highest BCUT2D eigenvalue weighted by atomic mass is 32.2. The van der Waals surface area contributed by atoms with Crippen molar-refractivity contribution in [2.24, 2.45) is 0 Å². The number of aromatic nitrogens is 3. The second-order valence-corrected chi connectivity index (χ2v) is 8.79. The van der Waals surface area contributed by atoms with Gasteiger partial charge in [0.15, 0.2) is 11.0 Å². The van der Waals surface area contributed by atoms with Crippen molar-refractivity contribution in [2.45, 2.75) is 52.2 Å². The van der Waals surface area contributed by atoms with Crippen LogP contribution in [0.3, 0.4) is 0 Å². The molecule has 0 radical (unpaired) electrons. The predicted octanol–water partition coefficient (Wildman–Crippen LogP) is 5.42. The van der Waals surface area contributed by atoms with Crippen LogP contribution in [-0.2, 0) is 17.8 Å². The van der Waals surface area contributed by atoms with Gasteiger partial charge < -0.3 is 14.6 Å². The lowest BCUT2D eigenvalue weighted by Crippen LogP contribution is -2.15. The number of anilines is 1. The van der Waals surface area contributed by atoms with E-state index in [1.807, 2.05) is 31.2 Å². The molecule has 0 fully saturated rings. The smallest absolute Gasteiger partial charge is 0.234 e. The standard InChI is InChI=1S/C22H28N4O2S2/c1-5-12-26-21(17-13-29-15(4)16(17)6-2)24-25-22(26)30-14-20(27)23-18-10-8-9-11-19(18)28-7-3/h8-11,13H,5-7,12,14H2,1-4H3,(H,23,27). The summed E-state index contributed by atoms with van der Waals surface area (Å²) in [6.07, 6.45) is 1.94. The van der Waals surface area contributed by atoms with Crippen molar-refractivity contribution in [3.05, 3.63) is 40.1 Å². The maximum Gasteiger partial charge on any atom is 0.234 e. The molecule has 0 aliphatic rings. The maximum absolute atomic E-state index is 12.5. The van der Waals surface area contributed by atoms with Crippen LogP contribution in [0.1, 0.15) is 37.6 Å². The number of rotatable bonds is 10. The van der Waals surface area contributed by atoms with Crippen LogP contribution in [-0.4, -0.2) is 33.0 Å². The third-order valence-corrected chi connectivity index (χ3v) is 6.58. The molecule has 0 saturated heterocycles. The Kier molecular flexibility index (Phi) is 7.93. The Morgan fingerprint density at radius 2 is 2.03 bits per heavy atom. The minimum absolute atomic E-state index is 0.0969. The van der Waals surface area contributed by atoms with Gasteiger partial charge in [-0.05, 0) is 44.4 Å². The SMILES string of the molecule is CCCn1c(SCC(=O)Nc2ccccc2OCC)nnc1-c1csc(C)c1CC. The van der Waals surface area contributed by atoms with Gasteiger partial charge in [-0.25, -0.2) is 0 Å². The molecular weight excluding hydrogens is 416 g/mol. The first-order valence-corrected chi connectivity index (χ1v) is 12.1. The van der Waals surface area contributed by atoms with Crippen molar-refractivity contribution in [3.8, 4) is 17.1 Å². The van der Waals surface area contributed by atoms with E-state index in [1.54, 1.807) is 11.3 Å². The highest BCUT2D eigenvalue weighted by Gasteiger charge is 2.19. The van der Waals surface area contributed by atoms with Crippen molar-refractivity contribution in [1.82, 2.24) is 14.8 Å². The quantitative estimate of drug-likeness (QED) is 0.423. The molecule has 3 rings (SSSR count). The Labute approximate surface area is 186 Å². The van der Waals surface area contributed by atoms with Gasteiger partial charge in [0, 0.05) is 22.4 Å². The largest absolute Gasteiger partial charge is 0.492 e. The number of nitrogens with zero attached hydrogens (tertiary/aromatic N) is 3. The van der Waals surface area contributed by atoms with Crippen molar-refractivity contribution in [2.75, 3.05) is 17.7 Å². The summed E-state index contributed by atoms with van der Waals surface area (Å²) in [5.41, 5.74) is 3.16. The Morgan fingerprint density at radius 3 is 2.77 bits per heavy atom. The van der Waals surface area contributed by atoms with Gasteiger partial charge in [-0.15, -0.1) is 21.5 Å². The minimum atomic E-state index is -0.0969. The molecule has 0 bridgehead atoms. The van der Waals surface area contributed by atoms with Crippen LogP contribution in [0, 0.1) is 6.92 Å². The highest BCUT2D eigenvalue weighted by Crippen LogP contribution is 2.33. The van der Waals surface area contributed by atoms with Crippen LogP contribution in [0.2, 0.25) is 0 Å². The summed E-state index contributed by atoms with van der Waals surface area (Å²) >= 11 is 3.16. The number of benzene rings is 1. The van der Waals surface area contributed by atoms with Gasteiger partial charge in [0.25, 0.3) is 0 Å². The molecule has 0 aliphatic heterocycles. The number of para-hydroxylation sites is 2. The van der Waals surface area contributed by atoms with Gasteiger partial charge in [0.2, 0.25) is 5.91 Å². The first-order chi connectivity index (χ1) is 14.6. The molecule has 0 unspecified atom stereocenters. The highest BCUT2D eigenvalue weighted by molar-refractivity contribution is 7.99. The number of thiophene rings is 1. The molecular formula is C22H28N4O2S2. The zero-order valence-electron chi connectivity index (χ0n) is 17.9. The molecule has 3 aromatic rings. The average molecular weight is 445 g/mol. The van der Waals surface area contributed by atoms with Crippen LogP contribution in [0.15, 0.2) is 34.8 Å². The molecule has 0 saturated carbocycles. The summed E-state index contributed by atoms with van der Waals surface area (Å²) in [5, 5.41) is 14.7. The molecule has 0 spiro atoms. The number of carbonyl (C=O) groups is 1. The molecule has 160 valence electrons. The second-order valence-electron chi connectivity index (χ2n) is 6.76. The number of nitrogens with one attached hydrogen (secondary N) is 1. The fourth-order valence-electron chi connectivity index (χ4n) is 3.29. The summed E-state index contributed by atoms with van der Waals surface area (Å²) in [6, 6.07) is 7.46. The first-order valence-electron chi connectivity index (χ1n) is 10.2. The Morgan fingerprint density at radius 1 is 1.23 bits per heavy atom. The third-order valence-electron chi connectivity index (χ3n) is 4.66. The van der Waals surface area contributed by atoms with Gasteiger partial charge in [0.05, 0.1) is 18.0 Å². The van der Waals surface area contributed by atoms with Gasteiger partial charge in [-0.3, -0.25) is 4.79 Å². The van der Waals surface area contributed by atoms with Gasteiger partial charge in [0.1, 0.15) is 5.75 Å². The fourth-order valence-corrected chi connectivity index (χ4v) is 5.00. The lowest BCUT2D eigenvalue weighted by Gasteiger charge is -2.12. The molecule has 2 heterocycles. The molecule has 1 amide bonds. The number of hydrogen-bond acceptors (Lipinski definition) is 6. The Balaban J connectivity index is 1.74. The summed E-state index contributed by atoms with van der Waals surface area (Å²) in [7, 11) is 0. The van der Waals surface area contributed by atoms with Crippen molar-refractivity contribution in [3.63, 3.8) is 0 Å². The van der Waals surface area contributed by atoms with Crippen LogP contribution >= 0.6 is 23.1 Å². The lowest BCUT2D eigenvalue weighted by molar-refractivity contribution is -0.113. The topological polar surface area (TPSA) is 69.0 Å². The molecule has 0 atom stereocenters. The van der Waals surface area contributed by atoms with E-state index in [0.717, 1.165) is 35.9 Å². The number of ether oxygens (including phenoxy) is 1. The molecule has 2 aromatic heterocycles. The molecule has 1 aromatic carbocycles. The first kappa shape index (κ1) is 22.4. The van der Waals surface area contributed by atoms with E-state index < -0.39 is 0 Å².